The zero-order valence-corrected chi connectivity index (χ0v) is 13.4. The summed E-state index contributed by atoms with van der Waals surface area (Å²) >= 11 is 8.62. The van der Waals surface area contributed by atoms with Crippen molar-refractivity contribution in [2.45, 2.75) is 6.92 Å². The number of benzene rings is 1. The minimum atomic E-state index is -0.180. The lowest BCUT2D eigenvalue weighted by Gasteiger charge is -1.98. The smallest absolute Gasteiger partial charge is 0.269 e. The Kier molecular flexibility index (Phi) is 4.01. The van der Waals surface area contributed by atoms with Crippen LogP contribution in [0.25, 0.3) is 10.6 Å². The van der Waals surface area contributed by atoms with Gasteiger partial charge in [0.2, 0.25) is 0 Å². The maximum absolute atomic E-state index is 12.2. The van der Waals surface area contributed by atoms with Crippen LogP contribution in [0.2, 0.25) is 5.02 Å². The molecule has 1 aromatic carbocycles. The number of halogens is 1. The van der Waals surface area contributed by atoms with E-state index in [1.165, 1.54) is 22.7 Å². The number of aromatic nitrogens is 2. The first-order valence-electron chi connectivity index (χ1n) is 6.07. The molecule has 0 atom stereocenters. The van der Waals surface area contributed by atoms with Crippen molar-refractivity contribution in [3.8, 4) is 10.6 Å². The molecule has 0 saturated carbocycles. The highest BCUT2D eigenvalue weighted by Crippen LogP contribution is 2.29. The lowest BCUT2D eigenvalue weighted by atomic mass is 10.2. The first kappa shape index (κ1) is 14.2. The van der Waals surface area contributed by atoms with Crippen LogP contribution in [0, 0.1) is 6.92 Å². The van der Waals surface area contributed by atoms with E-state index < -0.39 is 0 Å². The minimum Gasteiger partial charge on any atom is -0.297 e. The van der Waals surface area contributed by atoms with Gasteiger partial charge < -0.3 is 0 Å². The highest BCUT2D eigenvalue weighted by Gasteiger charge is 2.17. The number of carbonyl (C=O) groups is 1. The maximum atomic E-state index is 12.2. The number of carbonyl (C=O) groups excluding carboxylic acids is 1. The molecule has 0 spiro atoms. The predicted octanol–water partition coefficient (Wildman–Crippen LogP) is 4.48. The Balaban J connectivity index is 1.87. The van der Waals surface area contributed by atoms with Crippen molar-refractivity contribution in [1.82, 2.24) is 9.97 Å². The van der Waals surface area contributed by atoms with E-state index in [1.54, 1.807) is 6.20 Å². The molecule has 7 heteroatoms. The molecule has 4 nitrogen and oxygen atoms in total. The highest BCUT2D eigenvalue weighted by molar-refractivity contribution is 7.17. The molecule has 3 rings (SSSR count). The van der Waals surface area contributed by atoms with Gasteiger partial charge in [0.1, 0.15) is 9.88 Å². The van der Waals surface area contributed by atoms with Gasteiger partial charge in [-0.2, -0.15) is 0 Å². The first-order valence-corrected chi connectivity index (χ1v) is 8.15. The van der Waals surface area contributed by atoms with Crippen LogP contribution >= 0.6 is 34.3 Å². The van der Waals surface area contributed by atoms with Crippen LogP contribution in [0.4, 0.5) is 5.13 Å². The van der Waals surface area contributed by atoms with E-state index in [9.17, 15) is 4.79 Å². The molecule has 0 unspecified atom stereocenters. The molecule has 21 heavy (non-hydrogen) atoms. The van der Waals surface area contributed by atoms with Crippen molar-refractivity contribution in [2.24, 2.45) is 0 Å². The van der Waals surface area contributed by atoms with E-state index in [0.29, 0.717) is 20.7 Å². The SMILES string of the molecule is Cc1nc(-c2ccc(Cl)cc2)sc1C(=O)Nc1nccs1. The molecule has 0 bridgehead atoms. The van der Waals surface area contributed by atoms with Crippen LogP contribution in [0.3, 0.4) is 0 Å². The maximum Gasteiger partial charge on any atom is 0.269 e. The summed E-state index contributed by atoms with van der Waals surface area (Å²) in [4.78, 5) is 21.3. The molecule has 0 saturated heterocycles. The second kappa shape index (κ2) is 5.93. The Bertz CT molecular complexity index is 766. The molecule has 0 fully saturated rings. The molecule has 0 aliphatic heterocycles. The lowest BCUT2D eigenvalue weighted by Crippen LogP contribution is -2.11. The number of thiazole rings is 2. The summed E-state index contributed by atoms with van der Waals surface area (Å²) < 4.78 is 0. The summed E-state index contributed by atoms with van der Waals surface area (Å²) in [6.07, 6.45) is 1.65. The number of amides is 1. The second-order valence-corrected chi connectivity index (χ2v) is 6.56. The highest BCUT2D eigenvalue weighted by atomic mass is 35.5. The fourth-order valence-corrected chi connectivity index (χ4v) is 3.38. The van der Waals surface area contributed by atoms with Crippen LogP contribution in [0.5, 0.6) is 0 Å². The van der Waals surface area contributed by atoms with Crippen LogP contribution < -0.4 is 5.32 Å². The van der Waals surface area contributed by atoms with Crippen LogP contribution in [0.15, 0.2) is 35.8 Å². The third-order valence-corrected chi connectivity index (χ3v) is 4.89. The predicted molar refractivity (Wildman–Crippen MR) is 87.4 cm³/mol. The van der Waals surface area contributed by atoms with Crippen LogP contribution in [0.1, 0.15) is 15.4 Å². The van der Waals surface area contributed by atoms with Crippen molar-refractivity contribution in [1.29, 1.82) is 0 Å². The molecule has 1 amide bonds. The standard InChI is InChI=1S/C14H10ClN3OS2/c1-8-11(12(19)18-14-16-6-7-20-14)21-13(17-8)9-2-4-10(15)5-3-9/h2-7H,1H3,(H,16,18,19). The zero-order chi connectivity index (χ0) is 14.8. The summed E-state index contributed by atoms with van der Waals surface area (Å²) in [7, 11) is 0. The first-order chi connectivity index (χ1) is 10.1. The molecule has 2 heterocycles. The summed E-state index contributed by atoms with van der Waals surface area (Å²) in [6, 6.07) is 7.40. The van der Waals surface area contributed by atoms with Gasteiger partial charge in [-0.05, 0) is 19.1 Å². The summed E-state index contributed by atoms with van der Waals surface area (Å²) in [5.41, 5.74) is 1.65. The number of hydrogen-bond acceptors (Lipinski definition) is 5. The lowest BCUT2D eigenvalue weighted by molar-refractivity contribution is 0.103. The average molecular weight is 336 g/mol. The average Bonchev–Trinajstić information content (AvgIpc) is 3.09. The van der Waals surface area contributed by atoms with Gasteiger partial charge in [-0.15, -0.1) is 22.7 Å². The van der Waals surface area contributed by atoms with E-state index in [-0.39, 0.29) is 5.91 Å². The number of nitrogens with one attached hydrogen (secondary N) is 1. The number of nitrogens with zero attached hydrogens (tertiary/aromatic N) is 2. The van der Waals surface area contributed by atoms with Crippen LogP contribution in [-0.4, -0.2) is 15.9 Å². The summed E-state index contributed by atoms with van der Waals surface area (Å²) in [6.45, 7) is 1.83. The normalized spacial score (nSPS) is 10.6. The van der Waals surface area contributed by atoms with Gasteiger partial charge in [0.25, 0.3) is 5.91 Å². The van der Waals surface area contributed by atoms with E-state index in [1.807, 2.05) is 36.6 Å². The largest absolute Gasteiger partial charge is 0.297 e. The molecule has 1 N–H and O–H groups in total. The Hall–Kier alpha value is -1.76. The fourth-order valence-electron chi connectivity index (χ4n) is 1.76. The van der Waals surface area contributed by atoms with Crippen molar-refractivity contribution in [3.05, 3.63) is 51.4 Å². The molecule has 106 valence electrons. The van der Waals surface area contributed by atoms with E-state index in [4.69, 9.17) is 11.6 Å². The van der Waals surface area contributed by atoms with Crippen molar-refractivity contribution in [2.75, 3.05) is 5.32 Å². The summed E-state index contributed by atoms with van der Waals surface area (Å²) in [5, 5.41) is 6.64. The Morgan fingerprint density at radius 1 is 1.29 bits per heavy atom. The molecule has 0 aliphatic rings. The van der Waals surface area contributed by atoms with Gasteiger partial charge >= 0.3 is 0 Å². The number of anilines is 1. The molecule has 3 aromatic rings. The van der Waals surface area contributed by atoms with Gasteiger partial charge in [0, 0.05) is 22.2 Å². The number of hydrogen-bond donors (Lipinski definition) is 1. The van der Waals surface area contributed by atoms with E-state index in [2.05, 4.69) is 15.3 Å². The Morgan fingerprint density at radius 2 is 2.05 bits per heavy atom. The third kappa shape index (κ3) is 3.12. The molecule has 0 aliphatic carbocycles. The quantitative estimate of drug-likeness (QED) is 0.767. The Labute approximate surface area is 134 Å². The Morgan fingerprint density at radius 3 is 2.71 bits per heavy atom. The van der Waals surface area contributed by atoms with E-state index >= 15 is 0 Å². The van der Waals surface area contributed by atoms with Gasteiger partial charge in [-0.3, -0.25) is 10.1 Å². The van der Waals surface area contributed by atoms with E-state index in [0.717, 1.165) is 10.6 Å². The van der Waals surface area contributed by atoms with Crippen molar-refractivity contribution >= 4 is 45.3 Å². The number of rotatable bonds is 3. The molecular formula is C14H10ClN3OS2. The summed E-state index contributed by atoms with van der Waals surface area (Å²) in [5.74, 6) is -0.180. The van der Waals surface area contributed by atoms with Crippen molar-refractivity contribution in [3.63, 3.8) is 0 Å². The zero-order valence-electron chi connectivity index (χ0n) is 11.0. The van der Waals surface area contributed by atoms with Crippen LogP contribution in [-0.2, 0) is 0 Å². The number of aryl methyl sites for hydroxylation is 1. The monoisotopic (exact) mass is 335 g/mol. The minimum absolute atomic E-state index is 0.180. The van der Waals surface area contributed by atoms with Gasteiger partial charge in [0.15, 0.2) is 5.13 Å². The molecule has 2 aromatic heterocycles. The van der Waals surface area contributed by atoms with Gasteiger partial charge in [0.05, 0.1) is 5.69 Å². The molecule has 0 radical (unpaired) electrons. The topological polar surface area (TPSA) is 54.9 Å². The van der Waals surface area contributed by atoms with Gasteiger partial charge in [-0.1, -0.05) is 23.7 Å². The van der Waals surface area contributed by atoms with Gasteiger partial charge in [-0.25, -0.2) is 9.97 Å². The third-order valence-electron chi connectivity index (χ3n) is 2.75. The van der Waals surface area contributed by atoms with Crippen molar-refractivity contribution < 1.29 is 4.79 Å². The fraction of sp³-hybridized carbons (Fsp3) is 0.0714. The molecular weight excluding hydrogens is 326 g/mol. The second-order valence-electron chi connectivity index (χ2n) is 4.23.